The lowest BCUT2D eigenvalue weighted by atomic mass is 10.0. The predicted molar refractivity (Wildman–Crippen MR) is 241 cm³/mol. The van der Waals surface area contributed by atoms with Crippen molar-refractivity contribution in [1.82, 2.24) is 5.32 Å². The van der Waals surface area contributed by atoms with Crippen molar-refractivity contribution in [2.45, 2.75) is 218 Å². The van der Waals surface area contributed by atoms with Crippen LogP contribution in [0.1, 0.15) is 217 Å². The predicted octanol–water partition coefficient (Wildman–Crippen LogP) is 14.3. The van der Waals surface area contributed by atoms with E-state index in [4.69, 9.17) is 4.74 Å². The van der Waals surface area contributed by atoms with E-state index < -0.39 is 24.2 Å². The molecule has 0 aliphatic carbocycles. The highest BCUT2D eigenvalue weighted by molar-refractivity contribution is 7.99. The standard InChI is InChI=1S/C50H83NO4S/c1-3-5-7-9-11-13-15-17-19-20-22-24-26-34-40-46(52)42-56-43-47(50(54)55-49(44-36-30-28-31-37-44)45-38-32-29-33-39-45)51-48(53)41-35-27-25-23-21-18-16-14-12-10-8-6-4-2/h28-33,36-39,46-47,49,52H,3-27,34-35,40-43H2,1-2H3,(H,51,53)/t46?,47-/m0/s1. The zero-order chi connectivity index (χ0) is 40.2. The Bertz CT molecular complexity index is 1140. The molecule has 5 nitrogen and oxygen atoms in total. The maximum Gasteiger partial charge on any atom is 0.330 e. The molecule has 0 fully saturated rings. The number of amides is 1. The summed E-state index contributed by atoms with van der Waals surface area (Å²) in [5, 5.41) is 13.8. The molecular weight excluding hydrogens is 711 g/mol. The summed E-state index contributed by atoms with van der Waals surface area (Å²) in [5.41, 5.74) is 1.78. The van der Waals surface area contributed by atoms with Crippen molar-refractivity contribution < 1.29 is 19.4 Å². The lowest BCUT2D eigenvalue weighted by Crippen LogP contribution is -2.44. The number of nitrogens with one attached hydrogen (secondary N) is 1. The summed E-state index contributed by atoms with van der Waals surface area (Å²) in [6.45, 7) is 4.54. The average molecular weight is 794 g/mol. The quantitative estimate of drug-likeness (QED) is 0.0523. The lowest BCUT2D eigenvalue weighted by Gasteiger charge is -2.23. The minimum atomic E-state index is -0.780. The first-order chi connectivity index (χ1) is 27.5. The minimum Gasteiger partial charge on any atom is -0.451 e. The molecule has 0 spiro atoms. The summed E-state index contributed by atoms with van der Waals surface area (Å²) in [6.07, 6.45) is 35.0. The highest BCUT2D eigenvalue weighted by atomic mass is 32.2. The molecule has 56 heavy (non-hydrogen) atoms. The van der Waals surface area contributed by atoms with Gasteiger partial charge in [0.1, 0.15) is 6.04 Å². The summed E-state index contributed by atoms with van der Waals surface area (Å²) in [6, 6.07) is 18.8. The molecule has 0 bridgehead atoms. The van der Waals surface area contributed by atoms with E-state index in [-0.39, 0.29) is 5.91 Å². The molecule has 2 aromatic carbocycles. The van der Waals surface area contributed by atoms with Crippen LogP contribution in [-0.2, 0) is 14.3 Å². The molecule has 2 atom stereocenters. The fraction of sp³-hybridized carbons (Fsp3) is 0.720. The van der Waals surface area contributed by atoms with Crippen LogP contribution in [0, 0.1) is 0 Å². The van der Waals surface area contributed by atoms with Gasteiger partial charge >= 0.3 is 5.97 Å². The summed E-state index contributed by atoms with van der Waals surface area (Å²) in [7, 11) is 0. The van der Waals surface area contributed by atoms with Gasteiger partial charge < -0.3 is 15.2 Å². The molecule has 1 amide bonds. The first kappa shape index (κ1) is 49.8. The molecule has 0 radical (unpaired) electrons. The molecule has 0 aromatic heterocycles. The third-order valence-corrected chi connectivity index (χ3v) is 12.2. The second kappa shape index (κ2) is 35.8. The molecule has 2 rings (SSSR count). The smallest absolute Gasteiger partial charge is 0.330 e. The van der Waals surface area contributed by atoms with Crippen molar-refractivity contribution in [2.75, 3.05) is 11.5 Å². The van der Waals surface area contributed by atoms with Gasteiger partial charge in [0.25, 0.3) is 0 Å². The molecular formula is C50H83NO4S. The zero-order valence-electron chi connectivity index (χ0n) is 36.0. The maximum absolute atomic E-state index is 13.8. The molecule has 1 unspecified atom stereocenters. The van der Waals surface area contributed by atoms with Crippen LogP contribution in [0.25, 0.3) is 0 Å². The Morgan fingerprint density at radius 3 is 1.32 bits per heavy atom. The van der Waals surface area contributed by atoms with Crippen molar-refractivity contribution in [3.8, 4) is 0 Å². The van der Waals surface area contributed by atoms with Gasteiger partial charge in [-0.15, -0.1) is 0 Å². The Balaban J connectivity index is 1.74. The zero-order valence-corrected chi connectivity index (χ0v) is 36.8. The second-order valence-electron chi connectivity index (χ2n) is 16.3. The Kier molecular flexibility index (Phi) is 31.9. The number of rotatable bonds is 38. The van der Waals surface area contributed by atoms with Gasteiger partial charge in [0.05, 0.1) is 6.10 Å². The van der Waals surface area contributed by atoms with Crippen LogP contribution in [0.2, 0.25) is 0 Å². The molecule has 0 saturated carbocycles. The SMILES string of the molecule is CCCCCCCCCCCCCCCCC(O)CSC[C@H](NC(=O)CCCCCCCCCCCCCCC)C(=O)OC(c1ccccc1)c1ccccc1. The molecule has 318 valence electrons. The van der Waals surface area contributed by atoms with Gasteiger partial charge in [-0.3, -0.25) is 4.79 Å². The number of unbranched alkanes of at least 4 members (excludes halogenated alkanes) is 25. The van der Waals surface area contributed by atoms with E-state index >= 15 is 0 Å². The summed E-state index contributed by atoms with van der Waals surface area (Å²) < 4.78 is 6.19. The number of hydrogen-bond donors (Lipinski definition) is 2. The van der Waals surface area contributed by atoms with Crippen LogP contribution < -0.4 is 5.32 Å². The third-order valence-electron chi connectivity index (χ3n) is 11.1. The Labute approximate surface area is 348 Å². The van der Waals surface area contributed by atoms with Crippen LogP contribution in [0.15, 0.2) is 60.7 Å². The molecule has 2 aromatic rings. The fourth-order valence-corrected chi connectivity index (χ4v) is 8.53. The number of thioether (sulfide) groups is 1. The van der Waals surface area contributed by atoms with Crippen LogP contribution in [0.5, 0.6) is 0 Å². The first-order valence-corrected chi connectivity index (χ1v) is 24.6. The number of esters is 1. The highest BCUT2D eigenvalue weighted by Crippen LogP contribution is 2.27. The number of benzene rings is 2. The van der Waals surface area contributed by atoms with Gasteiger partial charge in [0.15, 0.2) is 6.10 Å². The monoisotopic (exact) mass is 794 g/mol. The largest absolute Gasteiger partial charge is 0.451 e. The minimum absolute atomic E-state index is 0.102. The van der Waals surface area contributed by atoms with E-state index in [1.54, 1.807) is 0 Å². The number of ether oxygens (including phenoxy) is 1. The van der Waals surface area contributed by atoms with Crippen LogP contribution >= 0.6 is 11.8 Å². The molecule has 0 saturated heterocycles. The number of aliphatic hydroxyl groups excluding tert-OH is 1. The molecule has 0 aliphatic rings. The van der Waals surface area contributed by atoms with Crippen molar-refractivity contribution in [2.24, 2.45) is 0 Å². The Morgan fingerprint density at radius 2 is 0.911 bits per heavy atom. The first-order valence-electron chi connectivity index (χ1n) is 23.4. The summed E-state index contributed by atoms with van der Waals surface area (Å²) in [4.78, 5) is 27.0. The molecule has 6 heteroatoms. The van der Waals surface area contributed by atoms with Gasteiger partial charge in [-0.2, -0.15) is 11.8 Å². The Hall–Kier alpha value is -2.31. The van der Waals surface area contributed by atoms with Crippen LogP contribution in [0.4, 0.5) is 0 Å². The van der Waals surface area contributed by atoms with E-state index in [1.165, 1.54) is 153 Å². The van der Waals surface area contributed by atoms with Crippen LogP contribution in [0.3, 0.4) is 0 Å². The van der Waals surface area contributed by atoms with Gasteiger partial charge in [0, 0.05) is 17.9 Å². The van der Waals surface area contributed by atoms with E-state index in [1.807, 2.05) is 60.7 Å². The summed E-state index contributed by atoms with van der Waals surface area (Å²) >= 11 is 1.53. The fourth-order valence-electron chi connectivity index (χ4n) is 7.50. The average Bonchev–Trinajstić information content (AvgIpc) is 3.22. The molecule has 0 aliphatic heterocycles. The number of carbonyl (C=O) groups excluding carboxylic acids is 2. The van der Waals surface area contributed by atoms with Gasteiger partial charge in [-0.1, -0.05) is 241 Å². The van der Waals surface area contributed by atoms with E-state index in [9.17, 15) is 14.7 Å². The van der Waals surface area contributed by atoms with Crippen molar-refractivity contribution in [1.29, 1.82) is 0 Å². The molecule has 2 N–H and O–H groups in total. The maximum atomic E-state index is 13.8. The van der Waals surface area contributed by atoms with Crippen molar-refractivity contribution in [3.05, 3.63) is 71.8 Å². The van der Waals surface area contributed by atoms with Crippen molar-refractivity contribution >= 4 is 23.6 Å². The van der Waals surface area contributed by atoms with Gasteiger partial charge in [0.2, 0.25) is 5.91 Å². The number of hydrogen-bond acceptors (Lipinski definition) is 5. The normalized spacial score (nSPS) is 12.5. The number of carbonyl (C=O) groups is 2. The lowest BCUT2D eigenvalue weighted by molar-refractivity contribution is -0.151. The number of aliphatic hydroxyl groups is 1. The van der Waals surface area contributed by atoms with Crippen molar-refractivity contribution in [3.63, 3.8) is 0 Å². The van der Waals surface area contributed by atoms with E-state index in [0.29, 0.717) is 17.9 Å². The Morgan fingerprint density at radius 1 is 0.536 bits per heavy atom. The third kappa shape index (κ3) is 26.6. The highest BCUT2D eigenvalue weighted by Gasteiger charge is 2.27. The van der Waals surface area contributed by atoms with E-state index in [0.717, 1.165) is 49.7 Å². The summed E-state index contributed by atoms with van der Waals surface area (Å²) in [5.74, 6) is 0.373. The topological polar surface area (TPSA) is 75.6 Å². The van der Waals surface area contributed by atoms with Gasteiger partial charge in [-0.05, 0) is 24.0 Å². The van der Waals surface area contributed by atoms with Crippen LogP contribution in [-0.4, -0.2) is 40.6 Å². The second-order valence-corrected chi connectivity index (χ2v) is 17.4. The van der Waals surface area contributed by atoms with E-state index in [2.05, 4.69) is 19.2 Å². The molecule has 0 heterocycles. The van der Waals surface area contributed by atoms with Gasteiger partial charge in [-0.25, -0.2) is 4.79 Å².